The van der Waals surface area contributed by atoms with E-state index in [1.807, 2.05) is 55.5 Å². The maximum atomic E-state index is 12.8. The number of hydrogen-bond donors (Lipinski definition) is 1. The molecule has 1 unspecified atom stereocenters. The van der Waals surface area contributed by atoms with E-state index < -0.39 is 0 Å². The highest BCUT2D eigenvalue weighted by molar-refractivity contribution is 6.34. The van der Waals surface area contributed by atoms with Crippen LogP contribution in [-0.2, 0) is 0 Å². The molecule has 28 heavy (non-hydrogen) atoms. The number of aromatic nitrogens is 1. The van der Waals surface area contributed by atoms with Gasteiger partial charge < -0.3 is 5.32 Å². The Labute approximate surface area is 169 Å². The Balaban J connectivity index is 1.58. The van der Waals surface area contributed by atoms with Gasteiger partial charge in [0.15, 0.2) is 0 Å². The maximum Gasteiger partial charge on any atom is 0.253 e. The summed E-state index contributed by atoms with van der Waals surface area (Å²) in [5.41, 5.74) is 3.50. The summed E-state index contributed by atoms with van der Waals surface area (Å²) in [6.07, 6.45) is 3.46. The van der Waals surface area contributed by atoms with Crippen molar-refractivity contribution < 1.29 is 4.79 Å². The number of benzene rings is 3. The van der Waals surface area contributed by atoms with Gasteiger partial charge in [0.1, 0.15) is 0 Å². The van der Waals surface area contributed by atoms with Crippen molar-refractivity contribution in [1.29, 1.82) is 0 Å². The zero-order valence-electron chi connectivity index (χ0n) is 15.4. The maximum absolute atomic E-state index is 12.8. The minimum absolute atomic E-state index is 0.144. The zero-order chi connectivity index (χ0) is 19.5. The van der Waals surface area contributed by atoms with Crippen LogP contribution in [0.5, 0.6) is 0 Å². The van der Waals surface area contributed by atoms with Crippen LogP contribution in [0.3, 0.4) is 0 Å². The molecule has 138 valence electrons. The first kappa shape index (κ1) is 18.2. The molecule has 1 atom stereocenters. The lowest BCUT2D eigenvalue weighted by Gasteiger charge is -2.17. The van der Waals surface area contributed by atoms with Gasteiger partial charge in [0.05, 0.1) is 16.6 Å². The third-order valence-corrected chi connectivity index (χ3v) is 5.18. The van der Waals surface area contributed by atoms with Crippen molar-refractivity contribution in [2.45, 2.75) is 13.0 Å². The summed E-state index contributed by atoms with van der Waals surface area (Å²) in [5, 5.41) is 5.79. The largest absolute Gasteiger partial charge is 0.345 e. The Morgan fingerprint density at radius 1 is 0.929 bits per heavy atom. The second kappa shape index (κ2) is 7.83. The van der Waals surface area contributed by atoms with E-state index in [1.54, 1.807) is 18.5 Å². The molecule has 1 heterocycles. The first-order valence-electron chi connectivity index (χ1n) is 9.12. The average Bonchev–Trinajstić information content (AvgIpc) is 2.73. The van der Waals surface area contributed by atoms with Gasteiger partial charge in [-0.2, -0.15) is 0 Å². The quantitative estimate of drug-likeness (QED) is 0.464. The van der Waals surface area contributed by atoms with Crippen molar-refractivity contribution in [3.63, 3.8) is 0 Å². The van der Waals surface area contributed by atoms with Crippen molar-refractivity contribution in [3.8, 4) is 11.1 Å². The summed E-state index contributed by atoms with van der Waals surface area (Å²) in [6.45, 7) is 1.99. The fourth-order valence-electron chi connectivity index (χ4n) is 3.40. The Bertz CT molecular complexity index is 1140. The fourth-order valence-corrected chi connectivity index (χ4v) is 3.67. The van der Waals surface area contributed by atoms with Crippen LogP contribution in [0.4, 0.5) is 0 Å². The van der Waals surface area contributed by atoms with E-state index >= 15 is 0 Å². The third kappa shape index (κ3) is 3.62. The van der Waals surface area contributed by atoms with Crippen LogP contribution in [-0.4, -0.2) is 10.9 Å². The summed E-state index contributed by atoms with van der Waals surface area (Å²) < 4.78 is 0. The summed E-state index contributed by atoms with van der Waals surface area (Å²) in [5.74, 6) is -0.188. The molecule has 0 aliphatic carbocycles. The molecule has 1 amide bonds. The molecule has 0 saturated heterocycles. The lowest BCUT2D eigenvalue weighted by atomic mass is 9.99. The Morgan fingerprint density at radius 2 is 1.68 bits per heavy atom. The number of nitrogens with one attached hydrogen (secondary N) is 1. The van der Waals surface area contributed by atoms with E-state index in [0.29, 0.717) is 10.6 Å². The topological polar surface area (TPSA) is 42.0 Å². The molecule has 4 heteroatoms. The van der Waals surface area contributed by atoms with E-state index in [2.05, 4.69) is 28.5 Å². The van der Waals surface area contributed by atoms with Gasteiger partial charge in [-0.15, -0.1) is 0 Å². The molecule has 0 fully saturated rings. The van der Waals surface area contributed by atoms with Crippen LogP contribution >= 0.6 is 11.6 Å². The van der Waals surface area contributed by atoms with Crippen molar-refractivity contribution in [1.82, 2.24) is 10.3 Å². The van der Waals surface area contributed by atoms with Crippen molar-refractivity contribution in [3.05, 3.63) is 101 Å². The minimum Gasteiger partial charge on any atom is -0.345 e. The van der Waals surface area contributed by atoms with E-state index in [-0.39, 0.29) is 11.9 Å². The van der Waals surface area contributed by atoms with Gasteiger partial charge in [0.2, 0.25) is 0 Å². The molecule has 1 aromatic heterocycles. The third-order valence-electron chi connectivity index (χ3n) is 4.86. The second-order valence-corrected chi connectivity index (χ2v) is 7.10. The molecule has 0 radical (unpaired) electrons. The Hall–Kier alpha value is -3.17. The molecule has 0 spiro atoms. The van der Waals surface area contributed by atoms with E-state index in [0.717, 1.165) is 27.5 Å². The van der Waals surface area contributed by atoms with Crippen molar-refractivity contribution >= 4 is 28.3 Å². The smallest absolute Gasteiger partial charge is 0.253 e. The van der Waals surface area contributed by atoms with Crippen LogP contribution in [0.15, 0.2) is 85.2 Å². The number of pyridine rings is 1. The number of rotatable bonds is 4. The highest BCUT2D eigenvalue weighted by atomic mass is 35.5. The van der Waals surface area contributed by atoms with Crippen LogP contribution < -0.4 is 5.32 Å². The van der Waals surface area contributed by atoms with E-state index in [1.165, 1.54) is 0 Å². The molecule has 4 aromatic rings. The highest BCUT2D eigenvalue weighted by Gasteiger charge is 2.16. The van der Waals surface area contributed by atoms with Crippen LogP contribution in [0.25, 0.3) is 21.9 Å². The first-order valence-corrected chi connectivity index (χ1v) is 9.50. The van der Waals surface area contributed by atoms with Gasteiger partial charge in [-0.1, -0.05) is 60.1 Å². The Morgan fingerprint density at radius 3 is 2.46 bits per heavy atom. The molecule has 3 aromatic carbocycles. The molecule has 0 bridgehead atoms. The van der Waals surface area contributed by atoms with Crippen LogP contribution in [0, 0.1) is 0 Å². The molecular weight excluding hydrogens is 368 g/mol. The van der Waals surface area contributed by atoms with Crippen molar-refractivity contribution in [2.75, 3.05) is 0 Å². The highest BCUT2D eigenvalue weighted by Crippen LogP contribution is 2.27. The molecule has 0 aliphatic heterocycles. The molecule has 0 aliphatic rings. The summed E-state index contributed by atoms with van der Waals surface area (Å²) in [7, 11) is 0. The van der Waals surface area contributed by atoms with Crippen LogP contribution in [0.1, 0.15) is 28.9 Å². The van der Waals surface area contributed by atoms with Gasteiger partial charge in [0.25, 0.3) is 5.91 Å². The summed E-state index contributed by atoms with van der Waals surface area (Å²) in [4.78, 5) is 16.9. The number of nitrogens with zero attached hydrogens (tertiary/aromatic N) is 1. The SMILES string of the molecule is CC(NC(=O)c1ccc(-c2ccncc2)cc1Cl)c1cccc2ccccc12. The standard InChI is InChI=1S/C24H19ClN2O/c1-16(20-8-4-6-18-5-2-3-7-21(18)20)27-24(28)22-10-9-19(15-23(22)25)17-11-13-26-14-12-17/h2-16H,1H3,(H,27,28). The van der Waals surface area contributed by atoms with Gasteiger partial charge in [-0.3, -0.25) is 9.78 Å². The number of fused-ring (bicyclic) bond motifs is 1. The van der Waals surface area contributed by atoms with Gasteiger partial charge >= 0.3 is 0 Å². The fraction of sp³-hybridized carbons (Fsp3) is 0.0833. The number of halogens is 1. The summed E-state index contributed by atoms with van der Waals surface area (Å²) >= 11 is 6.42. The molecular formula is C24H19ClN2O. The number of amides is 1. The normalized spacial score (nSPS) is 11.9. The second-order valence-electron chi connectivity index (χ2n) is 6.69. The predicted molar refractivity (Wildman–Crippen MR) is 115 cm³/mol. The number of hydrogen-bond acceptors (Lipinski definition) is 2. The van der Waals surface area contributed by atoms with Gasteiger partial charge in [-0.05, 0) is 58.7 Å². The molecule has 1 N–H and O–H groups in total. The lowest BCUT2D eigenvalue weighted by molar-refractivity contribution is 0.0940. The van der Waals surface area contributed by atoms with Crippen LogP contribution in [0.2, 0.25) is 5.02 Å². The predicted octanol–water partition coefficient (Wildman–Crippen LogP) is 6.05. The van der Waals surface area contributed by atoms with Gasteiger partial charge in [0, 0.05) is 12.4 Å². The number of carbonyl (C=O) groups is 1. The first-order chi connectivity index (χ1) is 13.6. The Kier molecular flexibility index (Phi) is 5.09. The molecule has 4 rings (SSSR count). The van der Waals surface area contributed by atoms with E-state index in [9.17, 15) is 4.79 Å². The zero-order valence-corrected chi connectivity index (χ0v) is 16.1. The minimum atomic E-state index is -0.188. The van der Waals surface area contributed by atoms with Crippen molar-refractivity contribution in [2.24, 2.45) is 0 Å². The average molecular weight is 387 g/mol. The van der Waals surface area contributed by atoms with Gasteiger partial charge in [-0.25, -0.2) is 0 Å². The molecule has 0 saturated carbocycles. The molecule has 3 nitrogen and oxygen atoms in total. The number of carbonyl (C=O) groups excluding carboxylic acids is 1. The lowest BCUT2D eigenvalue weighted by Crippen LogP contribution is -2.27. The summed E-state index contributed by atoms with van der Waals surface area (Å²) in [6, 6.07) is 23.5. The monoisotopic (exact) mass is 386 g/mol. The van der Waals surface area contributed by atoms with E-state index in [4.69, 9.17) is 11.6 Å².